The van der Waals surface area contributed by atoms with Gasteiger partial charge in [0.25, 0.3) is 5.91 Å². The highest BCUT2D eigenvalue weighted by Crippen LogP contribution is 2.18. The van der Waals surface area contributed by atoms with Crippen molar-refractivity contribution in [2.45, 2.75) is 26.4 Å². The van der Waals surface area contributed by atoms with Crippen molar-refractivity contribution in [3.63, 3.8) is 0 Å². The van der Waals surface area contributed by atoms with E-state index in [2.05, 4.69) is 34.5 Å². The molecule has 23 heavy (non-hydrogen) atoms. The molecule has 0 saturated carbocycles. The van der Waals surface area contributed by atoms with Gasteiger partial charge in [-0.3, -0.25) is 9.89 Å². The summed E-state index contributed by atoms with van der Waals surface area (Å²) in [7, 11) is 1.94. The smallest absolute Gasteiger partial charge is 0.269 e. The molecule has 0 aliphatic carbocycles. The Morgan fingerprint density at radius 2 is 2.39 bits per heavy atom. The Hall–Kier alpha value is -2.57. The number of carbonyl (C=O) groups is 1. The predicted octanol–water partition coefficient (Wildman–Crippen LogP) is 1.95. The van der Waals surface area contributed by atoms with E-state index >= 15 is 0 Å². The molecule has 3 rings (SSSR count). The lowest BCUT2D eigenvalue weighted by molar-refractivity contribution is 0.0751. The van der Waals surface area contributed by atoms with Crippen LogP contribution in [0.2, 0.25) is 0 Å². The van der Waals surface area contributed by atoms with Crippen LogP contribution in [0, 0.1) is 5.92 Å². The Morgan fingerprint density at radius 3 is 3.04 bits per heavy atom. The van der Waals surface area contributed by atoms with Gasteiger partial charge in [-0.1, -0.05) is 19.0 Å². The average molecular weight is 315 g/mol. The number of nitrogens with one attached hydrogen (secondary N) is 2. The van der Waals surface area contributed by atoms with Gasteiger partial charge in [-0.05, 0) is 24.1 Å². The summed E-state index contributed by atoms with van der Waals surface area (Å²) in [5, 5.41) is 13.9. The first-order valence-electron chi connectivity index (χ1n) is 7.72. The molecule has 122 valence electrons. The van der Waals surface area contributed by atoms with Gasteiger partial charge < -0.3 is 14.7 Å². The van der Waals surface area contributed by atoms with Crippen molar-refractivity contribution < 1.29 is 9.63 Å². The van der Waals surface area contributed by atoms with Gasteiger partial charge in [0, 0.05) is 19.7 Å². The van der Waals surface area contributed by atoms with E-state index in [0.717, 1.165) is 23.5 Å². The van der Waals surface area contributed by atoms with E-state index in [1.54, 1.807) is 6.07 Å². The van der Waals surface area contributed by atoms with Gasteiger partial charge in [-0.15, -0.1) is 0 Å². The van der Waals surface area contributed by atoms with Gasteiger partial charge in [0.05, 0.1) is 18.0 Å². The van der Waals surface area contributed by atoms with E-state index in [1.165, 1.54) is 0 Å². The Bertz CT molecular complexity index is 728. The monoisotopic (exact) mass is 315 g/mol. The zero-order valence-corrected chi connectivity index (χ0v) is 13.5. The van der Waals surface area contributed by atoms with Gasteiger partial charge >= 0.3 is 0 Å². The summed E-state index contributed by atoms with van der Waals surface area (Å²) in [5.74, 6) is 0.177. The first-order valence-corrected chi connectivity index (χ1v) is 7.72. The minimum Gasteiger partial charge on any atom is -0.390 e. The molecular weight excluding hydrogens is 294 g/mol. The van der Waals surface area contributed by atoms with E-state index in [-0.39, 0.29) is 12.0 Å². The van der Waals surface area contributed by atoms with Crippen molar-refractivity contribution in [1.29, 1.82) is 0 Å². The van der Waals surface area contributed by atoms with Crippen LogP contribution in [0.4, 0.5) is 0 Å². The van der Waals surface area contributed by atoms with Crippen LogP contribution in [0.3, 0.4) is 0 Å². The molecular formula is C16H21N5O2. The van der Waals surface area contributed by atoms with Crippen LogP contribution >= 0.6 is 0 Å². The molecule has 7 heteroatoms. The van der Waals surface area contributed by atoms with Crippen molar-refractivity contribution in [1.82, 2.24) is 20.1 Å². The molecule has 0 fully saturated rings. The van der Waals surface area contributed by atoms with Crippen LogP contribution in [0.25, 0.3) is 11.4 Å². The molecule has 0 radical (unpaired) electrons. The molecule has 2 N–H and O–H groups in total. The Morgan fingerprint density at radius 1 is 1.57 bits per heavy atom. The second-order valence-corrected chi connectivity index (χ2v) is 6.05. The molecule has 2 aromatic rings. The van der Waals surface area contributed by atoms with Crippen LogP contribution in [0.1, 0.15) is 30.8 Å². The van der Waals surface area contributed by atoms with E-state index in [0.29, 0.717) is 18.2 Å². The molecule has 1 aliphatic rings. The number of rotatable bonds is 5. The number of aryl methyl sites for hydroxylation is 1. The molecule has 0 spiro atoms. The van der Waals surface area contributed by atoms with E-state index in [9.17, 15) is 4.79 Å². The van der Waals surface area contributed by atoms with E-state index < -0.39 is 0 Å². The molecule has 0 saturated heterocycles. The Kier molecular flexibility index (Phi) is 4.18. The molecule has 7 nitrogen and oxygen atoms in total. The SMILES string of the molecule is CC(C)C1=NOC(CNC(=O)c2cc(-c3cccn3C)n[nH]2)C1. The summed E-state index contributed by atoms with van der Waals surface area (Å²) < 4.78 is 1.95. The molecule has 0 aromatic carbocycles. The fourth-order valence-corrected chi connectivity index (χ4v) is 2.50. The maximum atomic E-state index is 12.2. The van der Waals surface area contributed by atoms with Crippen LogP contribution in [-0.2, 0) is 11.9 Å². The standard InChI is InChI=1S/C16H21N5O2/c1-10(2)12-7-11(23-20-12)9-17-16(22)14-8-13(18-19-14)15-5-4-6-21(15)3/h4-6,8,10-11H,7,9H2,1-3H3,(H,17,22)(H,18,19). The highest BCUT2D eigenvalue weighted by Gasteiger charge is 2.23. The van der Waals surface area contributed by atoms with Crippen LogP contribution < -0.4 is 5.32 Å². The minimum atomic E-state index is -0.195. The maximum absolute atomic E-state index is 12.2. The zero-order valence-electron chi connectivity index (χ0n) is 13.5. The number of aromatic amines is 1. The summed E-state index contributed by atoms with van der Waals surface area (Å²) in [6.45, 7) is 4.59. The first kappa shape index (κ1) is 15.3. The molecule has 0 bridgehead atoms. The average Bonchev–Trinajstić information content (AvgIpc) is 3.24. The summed E-state index contributed by atoms with van der Waals surface area (Å²) in [5.41, 5.74) is 3.17. The van der Waals surface area contributed by atoms with E-state index in [1.807, 2.05) is 29.9 Å². The van der Waals surface area contributed by atoms with Gasteiger partial charge in [0.15, 0.2) is 0 Å². The quantitative estimate of drug-likeness (QED) is 0.884. The number of hydrogen-bond donors (Lipinski definition) is 2. The van der Waals surface area contributed by atoms with Crippen LogP contribution in [0.5, 0.6) is 0 Å². The third-order valence-electron chi connectivity index (χ3n) is 3.94. The Balaban J connectivity index is 1.56. The third kappa shape index (κ3) is 3.28. The first-order chi connectivity index (χ1) is 11.0. The number of hydrogen-bond acceptors (Lipinski definition) is 4. The Labute approximate surface area is 134 Å². The number of carbonyl (C=O) groups excluding carboxylic acids is 1. The van der Waals surface area contributed by atoms with Gasteiger partial charge in [0.1, 0.15) is 17.5 Å². The summed E-state index contributed by atoms with van der Waals surface area (Å²) in [4.78, 5) is 17.5. The van der Waals surface area contributed by atoms with Gasteiger partial charge in [-0.25, -0.2) is 0 Å². The second kappa shape index (κ2) is 6.28. The lowest BCUT2D eigenvalue weighted by atomic mass is 10.0. The molecule has 1 atom stereocenters. The fourth-order valence-electron chi connectivity index (χ4n) is 2.50. The highest BCUT2D eigenvalue weighted by atomic mass is 16.6. The van der Waals surface area contributed by atoms with Crippen LogP contribution in [-0.4, -0.2) is 39.0 Å². The summed E-state index contributed by atoms with van der Waals surface area (Å²) in [6, 6.07) is 5.64. The van der Waals surface area contributed by atoms with Gasteiger partial charge in [-0.2, -0.15) is 5.10 Å². The molecule has 3 heterocycles. The van der Waals surface area contributed by atoms with Crippen molar-refractivity contribution >= 4 is 11.6 Å². The molecule has 2 aromatic heterocycles. The fraction of sp³-hybridized carbons (Fsp3) is 0.438. The zero-order chi connectivity index (χ0) is 16.4. The number of amides is 1. The van der Waals surface area contributed by atoms with Gasteiger partial charge in [0.2, 0.25) is 0 Å². The lowest BCUT2D eigenvalue weighted by Crippen LogP contribution is -2.32. The molecule has 1 aliphatic heterocycles. The maximum Gasteiger partial charge on any atom is 0.269 e. The van der Waals surface area contributed by atoms with Crippen molar-refractivity contribution in [3.05, 3.63) is 30.1 Å². The number of nitrogens with zero attached hydrogens (tertiary/aromatic N) is 3. The number of aromatic nitrogens is 3. The summed E-state index contributed by atoms with van der Waals surface area (Å²) >= 11 is 0. The third-order valence-corrected chi connectivity index (χ3v) is 3.94. The predicted molar refractivity (Wildman–Crippen MR) is 87.1 cm³/mol. The topological polar surface area (TPSA) is 84.3 Å². The molecule has 1 unspecified atom stereocenters. The van der Waals surface area contributed by atoms with Crippen molar-refractivity contribution in [2.75, 3.05) is 6.54 Å². The largest absolute Gasteiger partial charge is 0.390 e. The van der Waals surface area contributed by atoms with Crippen molar-refractivity contribution in [3.8, 4) is 11.4 Å². The number of H-pyrrole nitrogens is 1. The number of oxime groups is 1. The lowest BCUT2D eigenvalue weighted by Gasteiger charge is -2.09. The minimum absolute atomic E-state index is 0.0911. The van der Waals surface area contributed by atoms with E-state index in [4.69, 9.17) is 4.84 Å². The molecule has 1 amide bonds. The highest BCUT2D eigenvalue weighted by molar-refractivity contribution is 5.93. The normalized spacial score (nSPS) is 17.2. The van der Waals surface area contributed by atoms with Crippen molar-refractivity contribution in [2.24, 2.45) is 18.1 Å². The summed E-state index contributed by atoms with van der Waals surface area (Å²) in [6.07, 6.45) is 2.61. The van der Waals surface area contributed by atoms with Crippen LogP contribution in [0.15, 0.2) is 29.6 Å². The second-order valence-electron chi connectivity index (χ2n) is 6.05.